The lowest BCUT2D eigenvalue weighted by molar-refractivity contribution is -0.0886. The second-order valence-electron chi connectivity index (χ2n) is 4.05. The number of ether oxygens (including phenoxy) is 1. The van der Waals surface area contributed by atoms with Gasteiger partial charge >= 0.3 is 18.2 Å². The summed E-state index contributed by atoms with van der Waals surface area (Å²) < 4.78 is 43.1. The highest BCUT2D eigenvalue weighted by atomic mass is 19.4. The molecule has 7 nitrogen and oxygen atoms in total. The van der Waals surface area contributed by atoms with E-state index in [-0.39, 0.29) is 11.4 Å². The molecule has 21 heavy (non-hydrogen) atoms. The summed E-state index contributed by atoms with van der Waals surface area (Å²) in [4.78, 5) is 34.0. The number of nitrogens with zero attached hydrogens (tertiary/aromatic N) is 1. The van der Waals surface area contributed by atoms with Crippen molar-refractivity contribution in [1.82, 2.24) is 4.68 Å². The number of nitrogens with one attached hydrogen (secondary N) is 1. The Morgan fingerprint density at radius 3 is 2.00 bits per heavy atom. The summed E-state index contributed by atoms with van der Waals surface area (Å²) in [5, 5.41) is 0. The molecule has 0 saturated heterocycles. The Morgan fingerprint density at radius 2 is 1.62 bits per heavy atom. The average molecular weight is 307 g/mol. The molecule has 0 fully saturated rings. The molecule has 1 rings (SSSR count). The normalized spacial score (nSPS) is 11.1. The molecule has 0 unspecified atom stereocenters. The monoisotopic (exact) mass is 307 g/mol. The van der Waals surface area contributed by atoms with Gasteiger partial charge in [-0.05, 0) is 13.8 Å². The number of aromatic nitrogens is 1. The number of carbonyl (C=O) groups excluding carboxylic acids is 3. The maximum atomic E-state index is 12.6. The Balaban J connectivity index is 3.64. The molecule has 0 spiro atoms. The number of nitrogens with two attached hydrogens (primary N) is 1. The molecule has 0 aliphatic heterocycles. The van der Waals surface area contributed by atoms with Gasteiger partial charge in [-0.15, -0.1) is 0 Å². The quantitative estimate of drug-likeness (QED) is 0.648. The Kier molecular flexibility index (Phi) is 4.30. The van der Waals surface area contributed by atoms with Crippen LogP contribution >= 0.6 is 0 Å². The Morgan fingerprint density at radius 1 is 1.14 bits per heavy atom. The molecule has 2 amide bonds. The SMILES string of the molecule is COC(=O)c1c(C(=O)C(F)(F)F)c(C)n(NC(N)=O)c1C. The molecule has 1 aromatic rings. The number of hydrogen-bond donors (Lipinski definition) is 2. The van der Waals surface area contributed by atoms with Gasteiger partial charge in [0.25, 0.3) is 5.78 Å². The first-order valence-corrected chi connectivity index (χ1v) is 5.50. The molecule has 0 radical (unpaired) electrons. The third-order valence-corrected chi connectivity index (χ3v) is 2.74. The fraction of sp³-hybridized carbons (Fsp3) is 0.364. The Hall–Kier alpha value is -2.52. The van der Waals surface area contributed by atoms with Crippen molar-refractivity contribution in [3.05, 3.63) is 22.5 Å². The van der Waals surface area contributed by atoms with Crippen LogP contribution in [0.25, 0.3) is 0 Å². The van der Waals surface area contributed by atoms with Crippen molar-refractivity contribution < 1.29 is 32.3 Å². The van der Waals surface area contributed by atoms with Gasteiger partial charge in [0, 0.05) is 5.69 Å². The van der Waals surface area contributed by atoms with Gasteiger partial charge in [-0.25, -0.2) is 15.0 Å². The number of rotatable bonds is 3. The molecule has 0 bridgehead atoms. The number of primary amides is 1. The van der Waals surface area contributed by atoms with Crippen molar-refractivity contribution in [2.75, 3.05) is 12.5 Å². The highest BCUT2D eigenvalue weighted by molar-refractivity contribution is 6.10. The molecule has 0 aromatic carbocycles. The van der Waals surface area contributed by atoms with E-state index < -0.39 is 35.1 Å². The van der Waals surface area contributed by atoms with Crippen LogP contribution in [0.3, 0.4) is 0 Å². The largest absolute Gasteiger partial charge is 0.465 e. The molecular formula is C11H12F3N3O4. The summed E-state index contributed by atoms with van der Waals surface area (Å²) in [6.07, 6.45) is -5.18. The van der Waals surface area contributed by atoms with Gasteiger partial charge in [-0.1, -0.05) is 0 Å². The van der Waals surface area contributed by atoms with E-state index in [2.05, 4.69) is 4.74 Å². The van der Waals surface area contributed by atoms with Gasteiger partial charge in [0.1, 0.15) is 0 Å². The van der Waals surface area contributed by atoms with Crippen molar-refractivity contribution in [1.29, 1.82) is 0 Å². The molecule has 0 atom stereocenters. The highest BCUT2D eigenvalue weighted by Gasteiger charge is 2.44. The fourth-order valence-corrected chi connectivity index (χ4v) is 1.89. The lowest BCUT2D eigenvalue weighted by atomic mass is 10.0. The predicted molar refractivity (Wildman–Crippen MR) is 64.6 cm³/mol. The fourth-order valence-electron chi connectivity index (χ4n) is 1.89. The van der Waals surface area contributed by atoms with E-state index in [9.17, 15) is 27.6 Å². The van der Waals surface area contributed by atoms with Crippen LogP contribution in [-0.4, -0.2) is 35.7 Å². The lowest BCUT2D eigenvalue weighted by Gasteiger charge is -2.09. The second kappa shape index (κ2) is 5.46. The van der Waals surface area contributed by atoms with Crippen molar-refractivity contribution in [2.24, 2.45) is 5.73 Å². The highest BCUT2D eigenvalue weighted by Crippen LogP contribution is 2.29. The smallest absolute Gasteiger partial charge is 0.454 e. The number of methoxy groups -OCH3 is 1. The summed E-state index contributed by atoms with van der Waals surface area (Å²) in [5.41, 5.74) is 5.06. The van der Waals surface area contributed by atoms with Crippen LogP contribution in [0.15, 0.2) is 0 Å². The Bertz CT molecular complexity index is 619. The number of carbonyl (C=O) groups is 3. The van der Waals surface area contributed by atoms with Gasteiger partial charge in [0.05, 0.1) is 23.9 Å². The molecule has 1 aromatic heterocycles. The zero-order chi connectivity index (χ0) is 16.5. The third-order valence-electron chi connectivity index (χ3n) is 2.74. The van der Waals surface area contributed by atoms with Gasteiger partial charge in [0.15, 0.2) is 0 Å². The molecule has 10 heteroatoms. The first kappa shape index (κ1) is 16.5. The second-order valence-corrected chi connectivity index (χ2v) is 4.05. The van der Waals surface area contributed by atoms with Gasteiger partial charge in [0.2, 0.25) is 0 Å². The third kappa shape index (κ3) is 2.98. The topological polar surface area (TPSA) is 103 Å². The van der Waals surface area contributed by atoms with Crippen molar-refractivity contribution in [3.8, 4) is 0 Å². The van der Waals surface area contributed by atoms with Gasteiger partial charge in [-0.2, -0.15) is 13.2 Å². The van der Waals surface area contributed by atoms with Crippen molar-refractivity contribution >= 4 is 17.8 Å². The van der Waals surface area contributed by atoms with E-state index in [4.69, 9.17) is 5.73 Å². The van der Waals surface area contributed by atoms with E-state index in [0.29, 0.717) is 0 Å². The molecule has 0 aliphatic carbocycles. The molecule has 1 heterocycles. The van der Waals surface area contributed by atoms with E-state index in [0.717, 1.165) is 18.7 Å². The number of hydrogen-bond acceptors (Lipinski definition) is 4. The van der Waals surface area contributed by atoms with Crippen LogP contribution in [0.5, 0.6) is 0 Å². The van der Waals surface area contributed by atoms with Crippen LogP contribution in [0.4, 0.5) is 18.0 Å². The van der Waals surface area contributed by atoms with Gasteiger partial charge < -0.3 is 10.5 Å². The van der Waals surface area contributed by atoms with Crippen LogP contribution in [0.2, 0.25) is 0 Å². The van der Waals surface area contributed by atoms with Crippen molar-refractivity contribution in [2.45, 2.75) is 20.0 Å². The number of esters is 1. The lowest BCUT2D eigenvalue weighted by Crippen LogP contribution is -2.30. The predicted octanol–water partition coefficient (Wildman–Crippen LogP) is 1.26. The molecule has 0 aliphatic rings. The van der Waals surface area contributed by atoms with Crippen LogP contribution in [0.1, 0.15) is 32.1 Å². The number of urea groups is 1. The summed E-state index contributed by atoms with van der Waals surface area (Å²) in [6, 6.07) is -1.07. The summed E-state index contributed by atoms with van der Waals surface area (Å²) in [7, 11) is 0.956. The zero-order valence-electron chi connectivity index (χ0n) is 11.3. The molecule has 116 valence electrons. The summed E-state index contributed by atoms with van der Waals surface area (Å²) in [6.45, 7) is 2.37. The van der Waals surface area contributed by atoms with Crippen LogP contribution in [0, 0.1) is 13.8 Å². The average Bonchev–Trinajstić information content (AvgIpc) is 2.59. The van der Waals surface area contributed by atoms with Gasteiger partial charge in [-0.3, -0.25) is 9.47 Å². The molecule has 3 N–H and O–H groups in total. The molecule has 0 saturated carbocycles. The van der Waals surface area contributed by atoms with E-state index in [1.807, 2.05) is 5.43 Å². The number of Topliss-reactive ketones (excluding diaryl/α,β-unsaturated/α-hetero) is 1. The van der Waals surface area contributed by atoms with Crippen LogP contribution in [-0.2, 0) is 4.74 Å². The minimum absolute atomic E-state index is 0.106. The zero-order valence-corrected chi connectivity index (χ0v) is 11.3. The number of alkyl halides is 3. The number of halogens is 3. The van der Waals surface area contributed by atoms with Crippen LogP contribution < -0.4 is 11.2 Å². The maximum Gasteiger partial charge on any atom is 0.454 e. The van der Waals surface area contributed by atoms with Crippen molar-refractivity contribution in [3.63, 3.8) is 0 Å². The molecular weight excluding hydrogens is 295 g/mol. The van der Waals surface area contributed by atoms with E-state index >= 15 is 0 Å². The maximum absolute atomic E-state index is 12.6. The Labute approximate surface area is 116 Å². The minimum Gasteiger partial charge on any atom is -0.465 e. The standard InChI is InChI=1S/C11H12F3N3O4/c1-4-6(8(18)11(12,13)14)7(9(19)21-3)5(2)17(4)16-10(15)20/h1-3H3,(H3,15,16,20). The number of ketones is 1. The number of amides is 2. The summed E-state index contributed by atoms with van der Waals surface area (Å²) >= 11 is 0. The minimum atomic E-state index is -5.18. The first-order chi connectivity index (χ1) is 9.52. The first-order valence-electron chi connectivity index (χ1n) is 5.50. The van der Waals surface area contributed by atoms with E-state index in [1.54, 1.807) is 0 Å². The summed E-state index contributed by atoms with van der Waals surface area (Å²) in [5.74, 6) is -3.35. The van der Waals surface area contributed by atoms with E-state index in [1.165, 1.54) is 6.92 Å².